The first-order valence-corrected chi connectivity index (χ1v) is 3.15. The lowest BCUT2D eigenvalue weighted by Gasteiger charge is -2.02. The van der Waals surface area contributed by atoms with Crippen molar-refractivity contribution in [3.05, 3.63) is 18.7 Å². The molecule has 0 aliphatic rings. The molecule has 0 aliphatic carbocycles. The molecule has 3 heteroatoms. The molecule has 0 amide bonds. The average Bonchev–Trinajstić information content (AvgIpc) is 2.34. The van der Waals surface area contributed by atoms with Crippen molar-refractivity contribution in [2.45, 2.75) is 13.3 Å². The number of imidazole rings is 1. The van der Waals surface area contributed by atoms with Crippen molar-refractivity contribution in [2.24, 2.45) is 0 Å². The van der Waals surface area contributed by atoms with E-state index in [4.69, 9.17) is 0 Å². The van der Waals surface area contributed by atoms with Crippen LogP contribution in [0.3, 0.4) is 0 Å². The van der Waals surface area contributed by atoms with Crippen LogP contribution in [0.15, 0.2) is 18.7 Å². The summed E-state index contributed by atoms with van der Waals surface area (Å²) in [6, 6.07) is 0. The van der Waals surface area contributed by atoms with Gasteiger partial charge in [0, 0.05) is 18.9 Å². The predicted octanol–water partition coefficient (Wildman–Crippen LogP) is 0.837. The number of rotatable bonds is 3. The highest BCUT2D eigenvalue weighted by molar-refractivity contribution is 4.79. The van der Waals surface area contributed by atoms with Gasteiger partial charge in [-0.3, -0.25) is 4.68 Å². The molecule has 0 spiro atoms. The van der Waals surface area contributed by atoms with Crippen molar-refractivity contribution >= 4 is 0 Å². The first-order valence-electron chi connectivity index (χ1n) is 3.15. The van der Waals surface area contributed by atoms with Gasteiger partial charge < -0.3 is 5.43 Å². The Hall–Kier alpha value is -0.990. The van der Waals surface area contributed by atoms with Crippen molar-refractivity contribution < 1.29 is 0 Å². The second kappa shape index (κ2) is 3.12. The summed E-state index contributed by atoms with van der Waals surface area (Å²) in [5, 5.41) is 0. The quantitative estimate of drug-likeness (QED) is 0.648. The number of nitrogens with one attached hydrogen (secondary N) is 1. The lowest BCUT2D eigenvalue weighted by Crippen LogP contribution is -2.12. The van der Waals surface area contributed by atoms with Gasteiger partial charge in [-0.05, 0) is 6.42 Å². The fourth-order valence-electron chi connectivity index (χ4n) is 0.594. The van der Waals surface area contributed by atoms with Gasteiger partial charge in [0.05, 0.1) is 0 Å². The largest absolute Gasteiger partial charge is 0.325 e. The number of nitrogens with zero attached hydrogens (tertiary/aromatic N) is 2. The fraction of sp³-hybridized carbons (Fsp3) is 0.500. The molecule has 1 aromatic heterocycles. The van der Waals surface area contributed by atoms with Crippen LogP contribution < -0.4 is 5.43 Å². The summed E-state index contributed by atoms with van der Waals surface area (Å²) < 4.78 is 1.85. The number of aromatic nitrogens is 2. The van der Waals surface area contributed by atoms with E-state index >= 15 is 0 Å². The molecule has 0 aliphatic heterocycles. The summed E-state index contributed by atoms with van der Waals surface area (Å²) in [5.74, 6) is 0. The van der Waals surface area contributed by atoms with Crippen molar-refractivity contribution in [2.75, 3.05) is 12.0 Å². The molecule has 0 bridgehead atoms. The Balaban J connectivity index is 2.30. The topological polar surface area (TPSA) is 29.9 Å². The lowest BCUT2D eigenvalue weighted by atomic mass is 10.5. The van der Waals surface area contributed by atoms with Crippen LogP contribution in [0, 0.1) is 0 Å². The molecule has 0 aromatic carbocycles. The molecule has 9 heavy (non-hydrogen) atoms. The van der Waals surface area contributed by atoms with Gasteiger partial charge in [0.2, 0.25) is 0 Å². The van der Waals surface area contributed by atoms with Gasteiger partial charge in [-0.15, -0.1) is 0 Å². The Morgan fingerprint density at radius 1 is 1.67 bits per heavy atom. The van der Waals surface area contributed by atoms with Gasteiger partial charge in [0.25, 0.3) is 0 Å². The fourth-order valence-corrected chi connectivity index (χ4v) is 0.594. The van der Waals surface area contributed by atoms with Crippen LogP contribution in [0.4, 0.5) is 0 Å². The van der Waals surface area contributed by atoms with Crippen molar-refractivity contribution in [3.63, 3.8) is 0 Å². The first-order chi connectivity index (χ1) is 4.43. The van der Waals surface area contributed by atoms with Crippen LogP contribution in [0.25, 0.3) is 0 Å². The van der Waals surface area contributed by atoms with E-state index in [1.807, 2.05) is 10.9 Å². The molecule has 1 N–H and O–H groups in total. The maximum absolute atomic E-state index is 3.88. The third-order valence-corrected chi connectivity index (χ3v) is 1.05. The molecule has 0 unspecified atom stereocenters. The smallest absolute Gasteiger partial charge is 0.114 e. The summed E-state index contributed by atoms with van der Waals surface area (Å²) in [4.78, 5) is 3.88. The molecule has 0 radical (unpaired) electrons. The average molecular weight is 125 g/mol. The zero-order valence-electron chi connectivity index (χ0n) is 5.54. The molecular formula is C6H11N3. The minimum atomic E-state index is 0.996. The molecule has 0 saturated carbocycles. The number of hydrogen-bond donors (Lipinski definition) is 1. The number of hydrogen-bond acceptors (Lipinski definition) is 2. The SMILES string of the molecule is CCCNn1ccnc1. The Labute approximate surface area is 54.7 Å². The second-order valence-corrected chi connectivity index (χ2v) is 1.88. The van der Waals surface area contributed by atoms with Crippen LogP contribution >= 0.6 is 0 Å². The molecule has 0 fully saturated rings. The minimum absolute atomic E-state index is 0.996. The van der Waals surface area contributed by atoms with Gasteiger partial charge >= 0.3 is 0 Å². The van der Waals surface area contributed by atoms with Gasteiger partial charge in [-0.25, -0.2) is 4.98 Å². The zero-order chi connectivity index (χ0) is 6.53. The molecule has 1 aromatic rings. The van der Waals surface area contributed by atoms with Crippen LogP contribution in [-0.4, -0.2) is 16.2 Å². The van der Waals surface area contributed by atoms with Crippen molar-refractivity contribution in [1.29, 1.82) is 0 Å². The zero-order valence-corrected chi connectivity index (χ0v) is 5.54. The van der Waals surface area contributed by atoms with E-state index in [1.165, 1.54) is 0 Å². The van der Waals surface area contributed by atoms with Gasteiger partial charge in [0.1, 0.15) is 6.33 Å². The summed E-state index contributed by atoms with van der Waals surface area (Å²) in [5.41, 5.74) is 3.13. The Kier molecular flexibility index (Phi) is 2.13. The molecule has 0 atom stereocenters. The highest BCUT2D eigenvalue weighted by atomic mass is 15.4. The van der Waals surface area contributed by atoms with E-state index in [2.05, 4.69) is 17.3 Å². The van der Waals surface area contributed by atoms with E-state index in [0.29, 0.717) is 0 Å². The van der Waals surface area contributed by atoms with Crippen molar-refractivity contribution in [3.8, 4) is 0 Å². The second-order valence-electron chi connectivity index (χ2n) is 1.88. The minimum Gasteiger partial charge on any atom is -0.325 e. The predicted molar refractivity (Wildman–Crippen MR) is 36.7 cm³/mol. The van der Waals surface area contributed by atoms with E-state index in [1.54, 1.807) is 12.5 Å². The van der Waals surface area contributed by atoms with E-state index < -0.39 is 0 Å². The molecule has 1 heterocycles. The highest BCUT2D eigenvalue weighted by Crippen LogP contribution is 1.79. The molecular weight excluding hydrogens is 114 g/mol. The highest BCUT2D eigenvalue weighted by Gasteiger charge is 1.81. The molecule has 1 rings (SSSR count). The van der Waals surface area contributed by atoms with Gasteiger partial charge in [-0.1, -0.05) is 6.92 Å². The standard InChI is InChI=1S/C6H11N3/c1-2-3-8-9-5-4-7-6-9/h4-6,8H,2-3H2,1H3. The van der Waals surface area contributed by atoms with E-state index in [9.17, 15) is 0 Å². The summed E-state index contributed by atoms with van der Waals surface area (Å²) in [6.07, 6.45) is 6.52. The normalized spacial score (nSPS) is 9.44. The van der Waals surface area contributed by atoms with E-state index in [-0.39, 0.29) is 0 Å². The maximum Gasteiger partial charge on any atom is 0.114 e. The maximum atomic E-state index is 3.88. The van der Waals surface area contributed by atoms with Gasteiger partial charge in [-0.2, -0.15) is 0 Å². The first kappa shape index (κ1) is 6.13. The molecule has 50 valence electrons. The van der Waals surface area contributed by atoms with Crippen LogP contribution in [0.2, 0.25) is 0 Å². The molecule has 0 saturated heterocycles. The van der Waals surface area contributed by atoms with Gasteiger partial charge in [0.15, 0.2) is 0 Å². The van der Waals surface area contributed by atoms with Crippen molar-refractivity contribution in [1.82, 2.24) is 9.66 Å². The lowest BCUT2D eigenvalue weighted by molar-refractivity contribution is 0.807. The molecule has 3 nitrogen and oxygen atoms in total. The third kappa shape index (κ3) is 1.76. The Morgan fingerprint density at radius 3 is 3.11 bits per heavy atom. The van der Waals surface area contributed by atoms with Crippen LogP contribution in [0.5, 0.6) is 0 Å². The summed E-state index contributed by atoms with van der Waals surface area (Å²) in [6.45, 7) is 3.13. The van der Waals surface area contributed by atoms with Crippen LogP contribution in [0.1, 0.15) is 13.3 Å². The Morgan fingerprint density at radius 2 is 2.56 bits per heavy atom. The monoisotopic (exact) mass is 125 g/mol. The third-order valence-electron chi connectivity index (χ3n) is 1.05. The Bertz CT molecular complexity index is 145. The summed E-state index contributed by atoms with van der Waals surface area (Å²) in [7, 11) is 0. The summed E-state index contributed by atoms with van der Waals surface area (Å²) >= 11 is 0. The van der Waals surface area contributed by atoms with Crippen LogP contribution in [-0.2, 0) is 0 Å². The van der Waals surface area contributed by atoms with E-state index in [0.717, 1.165) is 13.0 Å².